The number of hydrogen-bond donors (Lipinski definition) is 1. The molecule has 1 N–H and O–H groups in total. The maximum Gasteiger partial charge on any atom is 0.0873 e. The van der Waals surface area contributed by atoms with Crippen LogP contribution in [0.3, 0.4) is 0 Å². The van der Waals surface area contributed by atoms with Gasteiger partial charge in [0.1, 0.15) is 0 Å². The van der Waals surface area contributed by atoms with E-state index < -0.39 is 0 Å². The van der Waals surface area contributed by atoms with Crippen molar-refractivity contribution in [1.82, 2.24) is 20.1 Å². The van der Waals surface area contributed by atoms with Crippen molar-refractivity contribution in [3.8, 4) is 0 Å². The molecule has 1 unspecified atom stereocenters. The van der Waals surface area contributed by atoms with E-state index in [9.17, 15) is 0 Å². The Morgan fingerprint density at radius 3 is 2.89 bits per heavy atom. The molecule has 0 bridgehead atoms. The first-order chi connectivity index (χ1) is 8.77. The Bertz CT molecular complexity index is 480. The van der Waals surface area contributed by atoms with Crippen molar-refractivity contribution in [3.05, 3.63) is 33.5 Å². The van der Waals surface area contributed by atoms with Crippen molar-refractivity contribution in [2.75, 3.05) is 6.54 Å². The standard InChI is InChI=1S/C12H17ClN4S/c1-3-5-17-12(9(13)6-16-17)11(15-4-2)10-7-14-8-18-10/h6-8,11,15H,3-5H2,1-2H3. The molecule has 2 aromatic rings. The van der Waals surface area contributed by atoms with Crippen LogP contribution in [0.1, 0.15) is 36.9 Å². The summed E-state index contributed by atoms with van der Waals surface area (Å²) in [4.78, 5) is 5.31. The van der Waals surface area contributed by atoms with E-state index in [0.29, 0.717) is 5.02 Å². The van der Waals surface area contributed by atoms with Crippen molar-refractivity contribution in [2.24, 2.45) is 0 Å². The molecule has 0 aliphatic heterocycles. The molecular formula is C12H17ClN4S. The van der Waals surface area contributed by atoms with Gasteiger partial charge in [-0.2, -0.15) is 5.10 Å². The van der Waals surface area contributed by atoms with Gasteiger partial charge < -0.3 is 5.32 Å². The Labute approximate surface area is 116 Å². The van der Waals surface area contributed by atoms with Gasteiger partial charge in [0.15, 0.2) is 0 Å². The Balaban J connectivity index is 2.39. The summed E-state index contributed by atoms with van der Waals surface area (Å²) < 4.78 is 1.98. The number of nitrogens with zero attached hydrogens (tertiary/aromatic N) is 3. The Kier molecular flexibility index (Phi) is 4.74. The fourth-order valence-corrected chi connectivity index (χ4v) is 2.90. The third kappa shape index (κ3) is 2.74. The zero-order valence-corrected chi connectivity index (χ0v) is 12.1. The first-order valence-corrected chi connectivity index (χ1v) is 7.36. The lowest BCUT2D eigenvalue weighted by Crippen LogP contribution is -2.24. The number of rotatable bonds is 6. The average Bonchev–Trinajstić information content (AvgIpc) is 2.98. The third-order valence-electron chi connectivity index (χ3n) is 2.69. The molecule has 2 heterocycles. The highest BCUT2D eigenvalue weighted by Crippen LogP contribution is 2.30. The van der Waals surface area contributed by atoms with Crippen LogP contribution in [-0.2, 0) is 6.54 Å². The van der Waals surface area contributed by atoms with Crippen LogP contribution in [0.15, 0.2) is 17.9 Å². The largest absolute Gasteiger partial charge is 0.304 e. The Morgan fingerprint density at radius 2 is 2.28 bits per heavy atom. The zero-order chi connectivity index (χ0) is 13.0. The SMILES string of the molecule is CCCn1ncc(Cl)c1C(NCC)c1cncs1. The van der Waals surface area contributed by atoms with Gasteiger partial charge in [0, 0.05) is 17.6 Å². The normalized spacial score (nSPS) is 12.8. The van der Waals surface area contributed by atoms with E-state index in [1.54, 1.807) is 17.5 Å². The molecule has 2 rings (SSSR count). The summed E-state index contributed by atoms with van der Waals surface area (Å²) >= 11 is 7.92. The summed E-state index contributed by atoms with van der Waals surface area (Å²) in [5, 5.41) is 8.51. The molecule has 0 aliphatic rings. The summed E-state index contributed by atoms with van der Waals surface area (Å²) in [7, 11) is 0. The molecule has 0 aromatic carbocycles. The molecule has 0 amide bonds. The molecule has 6 heteroatoms. The second-order valence-electron chi connectivity index (χ2n) is 4.00. The number of hydrogen-bond acceptors (Lipinski definition) is 4. The third-order valence-corrected chi connectivity index (χ3v) is 3.82. The topological polar surface area (TPSA) is 42.7 Å². The number of halogens is 1. The molecular weight excluding hydrogens is 268 g/mol. The predicted molar refractivity (Wildman–Crippen MR) is 75.2 cm³/mol. The summed E-state index contributed by atoms with van der Waals surface area (Å²) in [6, 6.07) is 0.0732. The van der Waals surface area contributed by atoms with Crippen LogP contribution in [0.25, 0.3) is 0 Å². The Hall–Kier alpha value is -0.910. The molecule has 0 aliphatic carbocycles. The number of thiazole rings is 1. The van der Waals surface area contributed by atoms with Crippen molar-refractivity contribution in [2.45, 2.75) is 32.9 Å². The summed E-state index contributed by atoms with van der Waals surface area (Å²) in [6.45, 7) is 5.97. The van der Waals surface area contributed by atoms with Crippen molar-refractivity contribution >= 4 is 22.9 Å². The number of aryl methyl sites for hydroxylation is 1. The molecule has 98 valence electrons. The lowest BCUT2D eigenvalue weighted by molar-refractivity contribution is 0.524. The minimum atomic E-state index is 0.0732. The smallest absolute Gasteiger partial charge is 0.0873 e. The summed E-state index contributed by atoms with van der Waals surface area (Å²) in [5.41, 5.74) is 2.87. The highest BCUT2D eigenvalue weighted by molar-refractivity contribution is 7.09. The Morgan fingerprint density at radius 1 is 1.44 bits per heavy atom. The second kappa shape index (κ2) is 6.31. The average molecular weight is 285 g/mol. The van der Waals surface area contributed by atoms with Crippen molar-refractivity contribution < 1.29 is 0 Å². The van der Waals surface area contributed by atoms with Gasteiger partial charge in [0.25, 0.3) is 0 Å². The lowest BCUT2D eigenvalue weighted by Gasteiger charge is -2.18. The van der Waals surface area contributed by atoms with Crippen LogP contribution in [0.2, 0.25) is 5.02 Å². The fraction of sp³-hybridized carbons (Fsp3) is 0.500. The first-order valence-electron chi connectivity index (χ1n) is 6.10. The molecule has 0 fully saturated rings. The van der Waals surface area contributed by atoms with Gasteiger partial charge in [0.2, 0.25) is 0 Å². The van der Waals surface area contributed by atoms with Crippen LogP contribution in [0.5, 0.6) is 0 Å². The van der Waals surface area contributed by atoms with Gasteiger partial charge in [-0.3, -0.25) is 9.67 Å². The molecule has 0 radical (unpaired) electrons. The maximum atomic E-state index is 6.29. The molecule has 0 saturated heterocycles. The minimum absolute atomic E-state index is 0.0732. The van der Waals surface area contributed by atoms with E-state index in [1.807, 2.05) is 16.4 Å². The monoisotopic (exact) mass is 284 g/mol. The minimum Gasteiger partial charge on any atom is -0.304 e. The summed E-state index contributed by atoms with van der Waals surface area (Å²) in [5.74, 6) is 0. The van der Waals surface area contributed by atoms with Gasteiger partial charge in [-0.1, -0.05) is 25.4 Å². The van der Waals surface area contributed by atoms with E-state index in [1.165, 1.54) is 0 Å². The van der Waals surface area contributed by atoms with Crippen molar-refractivity contribution in [1.29, 1.82) is 0 Å². The van der Waals surface area contributed by atoms with Gasteiger partial charge in [0.05, 0.1) is 28.5 Å². The van der Waals surface area contributed by atoms with Gasteiger partial charge in [-0.25, -0.2) is 0 Å². The number of aromatic nitrogens is 3. The van der Waals surface area contributed by atoms with E-state index in [2.05, 4.69) is 29.2 Å². The maximum absolute atomic E-state index is 6.29. The lowest BCUT2D eigenvalue weighted by atomic mass is 10.1. The van der Waals surface area contributed by atoms with E-state index in [-0.39, 0.29) is 6.04 Å². The molecule has 0 saturated carbocycles. The van der Waals surface area contributed by atoms with Gasteiger partial charge >= 0.3 is 0 Å². The first kappa shape index (κ1) is 13.5. The van der Waals surface area contributed by atoms with Crippen LogP contribution >= 0.6 is 22.9 Å². The molecule has 18 heavy (non-hydrogen) atoms. The van der Waals surface area contributed by atoms with Crippen LogP contribution < -0.4 is 5.32 Å². The predicted octanol–water partition coefficient (Wildman–Crippen LogP) is 3.10. The number of nitrogens with one attached hydrogen (secondary N) is 1. The quantitative estimate of drug-likeness (QED) is 0.886. The van der Waals surface area contributed by atoms with Crippen LogP contribution in [-0.4, -0.2) is 21.3 Å². The zero-order valence-electron chi connectivity index (χ0n) is 10.6. The molecule has 0 spiro atoms. The van der Waals surface area contributed by atoms with E-state index in [0.717, 1.165) is 30.1 Å². The summed E-state index contributed by atoms with van der Waals surface area (Å²) in [6.07, 6.45) is 4.64. The van der Waals surface area contributed by atoms with E-state index in [4.69, 9.17) is 11.6 Å². The molecule has 4 nitrogen and oxygen atoms in total. The molecule has 2 aromatic heterocycles. The van der Waals surface area contributed by atoms with Crippen LogP contribution in [0.4, 0.5) is 0 Å². The molecule has 1 atom stereocenters. The van der Waals surface area contributed by atoms with E-state index >= 15 is 0 Å². The highest BCUT2D eigenvalue weighted by Gasteiger charge is 2.22. The van der Waals surface area contributed by atoms with Crippen molar-refractivity contribution in [3.63, 3.8) is 0 Å². The second-order valence-corrected chi connectivity index (χ2v) is 5.32. The van der Waals surface area contributed by atoms with Crippen LogP contribution in [0, 0.1) is 0 Å². The fourth-order valence-electron chi connectivity index (χ4n) is 1.95. The van der Waals surface area contributed by atoms with Gasteiger partial charge in [-0.05, 0) is 13.0 Å². The highest BCUT2D eigenvalue weighted by atomic mass is 35.5. The van der Waals surface area contributed by atoms with Gasteiger partial charge in [-0.15, -0.1) is 11.3 Å².